The SMILES string of the molecule is O=C(O)C(F)(F)F.O=S(=O)(Nc1nccs1)c1cc(Cl)c(N[C@H](CN2CCC2)c2ccccc2)cc1F. The van der Waals surface area contributed by atoms with Crippen LogP contribution in [0.1, 0.15) is 18.0 Å². The molecule has 0 amide bonds. The van der Waals surface area contributed by atoms with E-state index < -0.39 is 32.9 Å². The number of nitrogens with one attached hydrogen (secondary N) is 2. The number of alkyl halides is 3. The summed E-state index contributed by atoms with van der Waals surface area (Å²) in [6.07, 6.45) is -2.46. The quantitative estimate of drug-likeness (QED) is 0.313. The summed E-state index contributed by atoms with van der Waals surface area (Å²) in [6.45, 7) is 2.78. The Balaban J connectivity index is 0.000000479. The van der Waals surface area contributed by atoms with Gasteiger partial charge in [-0.1, -0.05) is 41.9 Å². The third kappa shape index (κ3) is 8.02. The lowest BCUT2D eigenvalue weighted by Crippen LogP contribution is -2.41. The van der Waals surface area contributed by atoms with Crippen molar-refractivity contribution in [2.45, 2.75) is 23.5 Å². The fourth-order valence-electron chi connectivity index (χ4n) is 3.22. The van der Waals surface area contributed by atoms with E-state index in [4.69, 9.17) is 21.5 Å². The van der Waals surface area contributed by atoms with Gasteiger partial charge in [-0.3, -0.25) is 4.72 Å². The van der Waals surface area contributed by atoms with Gasteiger partial charge in [0.2, 0.25) is 0 Å². The molecule has 0 radical (unpaired) electrons. The minimum Gasteiger partial charge on any atom is -0.475 e. The Kier molecular flexibility index (Phi) is 9.34. The summed E-state index contributed by atoms with van der Waals surface area (Å²) in [7, 11) is -4.15. The summed E-state index contributed by atoms with van der Waals surface area (Å²) in [5.74, 6) is -3.64. The Morgan fingerprint density at radius 3 is 2.38 bits per heavy atom. The Morgan fingerprint density at radius 1 is 1.22 bits per heavy atom. The average Bonchev–Trinajstić information content (AvgIpc) is 3.30. The highest BCUT2D eigenvalue weighted by molar-refractivity contribution is 7.93. The van der Waals surface area contributed by atoms with E-state index >= 15 is 0 Å². The van der Waals surface area contributed by atoms with E-state index in [9.17, 15) is 26.0 Å². The summed E-state index contributed by atoms with van der Waals surface area (Å²) in [5, 5.41) is 12.3. The van der Waals surface area contributed by atoms with Crippen LogP contribution in [0.15, 0.2) is 58.9 Å². The first-order valence-corrected chi connectivity index (χ1v) is 13.4. The van der Waals surface area contributed by atoms with Crippen LogP contribution in [-0.4, -0.2) is 55.2 Å². The second-order valence-electron chi connectivity index (χ2n) is 7.77. The van der Waals surface area contributed by atoms with Crippen LogP contribution in [0.5, 0.6) is 0 Å². The van der Waals surface area contributed by atoms with Crippen molar-refractivity contribution in [1.29, 1.82) is 0 Å². The highest BCUT2D eigenvalue weighted by Crippen LogP contribution is 2.32. The number of halogens is 5. The highest BCUT2D eigenvalue weighted by atomic mass is 35.5. The third-order valence-corrected chi connectivity index (χ3v) is 7.61. The minimum atomic E-state index is -5.08. The number of benzene rings is 2. The molecule has 1 aliphatic rings. The van der Waals surface area contributed by atoms with Crippen molar-refractivity contribution in [3.05, 3.63) is 70.4 Å². The second kappa shape index (κ2) is 12.1. The number of rotatable bonds is 8. The number of nitrogens with zero attached hydrogens (tertiary/aromatic N) is 2. The summed E-state index contributed by atoms with van der Waals surface area (Å²) < 4.78 is 73.9. The molecular weight excluding hydrogens is 560 g/mol. The van der Waals surface area contributed by atoms with Crippen molar-refractivity contribution >= 4 is 49.7 Å². The fourth-order valence-corrected chi connectivity index (χ4v) is 5.38. The van der Waals surface area contributed by atoms with Crippen molar-refractivity contribution in [3.8, 4) is 0 Å². The van der Waals surface area contributed by atoms with Crippen molar-refractivity contribution in [3.63, 3.8) is 0 Å². The van der Waals surface area contributed by atoms with Crippen LogP contribution in [0.3, 0.4) is 0 Å². The summed E-state index contributed by atoms with van der Waals surface area (Å²) in [5.41, 5.74) is 1.39. The van der Waals surface area contributed by atoms with Gasteiger partial charge in [0.05, 0.1) is 16.8 Å². The van der Waals surface area contributed by atoms with E-state index in [0.717, 1.165) is 55.1 Å². The summed E-state index contributed by atoms with van der Waals surface area (Å²) in [4.78, 5) is 14.5. The molecule has 3 N–H and O–H groups in total. The Hall–Kier alpha value is -2.94. The van der Waals surface area contributed by atoms with E-state index in [-0.39, 0.29) is 16.2 Å². The van der Waals surface area contributed by atoms with Gasteiger partial charge in [0, 0.05) is 18.1 Å². The molecule has 15 heteroatoms. The lowest BCUT2D eigenvalue weighted by Gasteiger charge is -2.35. The van der Waals surface area contributed by atoms with Crippen LogP contribution in [-0.2, 0) is 14.8 Å². The fraction of sp³-hybridized carbons (Fsp3) is 0.273. The molecule has 3 aromatic rings. The first-order chi connectivity index (χ1) is 17.4. The minimum absolute atomic E-state index is 0.112. The predicted octanol–water partition coefficient (Wildman–Crippen LogP) is 5.23. The molecule has 1 aliphatic heterocycles. The maximum atomic E-state index is 14.8. The van der Waals surface area contributed by atoms with Crippen LogP contribution in [0.25, 0.3) is 0 Å². The van der Waals surface area contributed by atoms with Gasteiger partial charge in [0.1, 0.15) is 10.7 Å². The molecule has 1 saturated heterocycles. The van der Waals surface area contributed by atoms with Gasteiger partial charge in [-0.2, -0.15) is 13.2 Å². The predicted molar refractivity (Wildman–Crippen MR) is 132 cm³/mol. The zero-order valence-electron chi connectivity index (χ0n) is 18.9. The molecule has 2 heterocycles. The van der Waals surface area contributed by atoms with E-state index in [0.29, 0.717) is 5.69 Å². The number of anilines is 2. The first kappa shape index (κ1) is 28.6. The second-order valence-corrected chi connectivity index (χ2v) is 10.7. The largest absolute Gasteiger partial charge is 0.490 e. The van der Waals surface area contributed by atoms with Crippen LogP contribution in [0.2, 0.25) is 5.02 Å². The normalized spacial score (nSPS) is 14.6. The van der Waals surface area contributed by atoms with Crippen LogP contribution in [0.4, 0.5) is 28.4 Å². The molecule has 200 valence electrons. The van der Waals surface area contributed by atoms with E-state index in [1.807, 2.05) is 30.3 Å². The van der Waals surface area contributed by atoms with Gasteiger partial charge in [-0.15, -0.1) is 11.3 Å². The monoisotopic (exact) mass is 580 g/mol. The zero-order chi connectivity index (χ0) is 27.2. The number of thiazole rings is 1. The first-order valence-electron chi connectivity index (χ1n) is 10.6. The van der Waals surface area contributed by atoms with Crippen LogP contribution in [0, 0.1) is 5.82 Å². The molecule has 0 bridgehead atoms. The highest BCUT2D eigenvalue weighted by Gasteiger charge is 2.38. The lowest BCUT2D eigenvalue weighted by molar-refractivity contribution is -0.192. The summed E-state index contributed by atoms with van der Waals surface area (Å²) >= 11 is 7.46. The molecule has 8 nitrogen and oxygen atoms in total. The van der Waals surface area contributed by atoms with E-state index in [2.05, 4.69) is 19.9 Å². The van der Waals surface area contributed by atoms with Crippen LogP contribution < -0.4 is 10.0 Å². The number of likely N-dealkylation sites (tertiary alicyclic amines) is 1. The zero-order valence-corrected chi connectivity index (χ0v) is 21.3. The molecule has 0 spiro atoms. The topological polar surface area (TPSA) is 112 Å². The molecule has 1 atom stereocenters. The van der Waals surface area contributed by atoms with Gasteiger partial charge < -0.3 is 15.3 Å². The van der Waals surface area contributed by atoms with Crippen molar-refractivity contribution in [2.75, 3.05) is 29.7 Å². The van der Waals surface area contributed by atoms with Gasteiger partial charge in [0.25, 0.3) is 10.0 Å². The average molecular weight is 581 g/mol. The molecule has 2 aromatic carbocycles. The van der Waals surface area contributed by atoms with Crippen LogP contribution >= 0.6 is 22.9 Å². The van der Waals surface area contributed by atoms with Crippen molar-refractivity contribution in [1.82, 2.24) is 9.88 Å². The Bertz CT molecular complexity index is 1310. The molecule has 37 heavy (non-hydrogen) atoms. The standard InChI is InChI=1S/C20H20ClFN4O2S2.C2HF3O2/c21-15-11-19(30(27,28)25-20-23-7-10-29-20)16(22)12-17(15)24-18(13-26-8-4-9-26)14-5-2-1-3-6-14;3-2(4,5)1(6)7/h1-3,5-7,10-12,18,24H,4,8-9,13H2,(H,23,25);(H,6,7)/t18-;/m1./s1. The molecule has 0 saturated carbocycles. The maximum absolute atomic E-state index is 14.8. The van der Waals surface area contributed by atoms with E-state index in [1.165, 1.54) is 6.20 Å². The number of hydrogen-bond donors (Lipinski definition) is 3. The van der Waals surface area contributed by atoms with Gasteiger partial charge in [0.15, 0.2) is 5.13 Å². The number of carbonyl (C=O) groups is 1. The molecular formula is C22H21ClF4N4O4S2. The summed E-state index contributed by atoms with van der Waals surface area (Å²) in [6, 6.07) is 12.0. The van der Waals surface area contributed by atoms with Crippen molar-refractivity contribution < 1.29 is 35.9 Å². The number of aromatic nitrogens is 1. The Labute approximate surface area is 219 Å². The van der Waals surface area contributed by atoms with Crippen molar-refractivity contribution in [2.24, 2.45) is 0 Å². The third-order valence-electron chi connectivity index (χ3n) is 5.13. The van der Waals surface area contributed by atoms with E-state index in [1.54, 1.807) is 5.38 Å². The maximum Gasteiger partial charge on any atom is 0.490 e. The van der Waals surface area contributed by atoms with Gasteiger partial charge >= 0.3 is 12.1 Å². The molecule has 0 unspecified atom stereocenters. The molecule has 1 fully saturated rings. The molecule has 1 aromatic heterocycles. The smallest absolute Gasteiger partial charge is 0.475 e. The van der Waals surface area contributed by atoms with Gasteiger partial charge in [-0.05, 0) is 37.2 Å². The molecule has 4 rings (SSSR count). The lowest BCUT2D eigenvalue weighted by atomic mass is 10.0. The number of sulfonamides is 1. The number of aliphatic carboxylic acids is 1. The number of carboxylic acid groups (broad SMARTS) is 1. The number of hydrogen-bond acceptors (Lipinski definition) is 7. The van der Waals surface area contributed by atoms with Gasteiger partial charge in [-0.25, -0.2) is 22.6 Å². The number of carboxylic acids is 1. The molecule has 0 aliphatic carbocycles. The Morgan fingerprint density at radius 2 is 1.86 bits per heavy atom.